The van der Waals surface area contributed by atoms with Gasteiger partial charge in [-0.2, -0.15) is 5.10 Å². The average Bonchev–Trinajstić information content (AvgIpc) is 3.24. The number of hydrogen-bond donors (Lipinski definition) is 2. The van der Waals surface area contributed by atoms with E-state index in [1.807, 2.05) is 30.3 Å². The number of carbonyl (C=O) groups excluding carboxylic acids is 2. The lowest BCUT2D eigenvalue weighted by atomic mass is 10.2. The van der Waals surface area contributed by atoms with E-state index < -0.39 is 0 Å². The van der Waals surface area contributed by atoms with Crippen LogP contribution in [0, 0.1) is 0 Å². The fourth-order valence-electron chi connectivity index (χ4n) is 2.82. The van der Waals surface area contributed by atoms with Gasteiger partial charge < -0.3 is 19.9 Å². The normalized spacial score (nSPS) is 16.8. The van der Waals surface area contributed by atoms with Gasteiger partial charge in [0, 0.05) is 38.0 Å². The molecule has 0 radical (unpaired) electrons. The highest BCUT2D eigenvalue weighted by Gasteiger charge is 2.32. The molecule has 1 aliphatic heterocycles. The highest BCUT2D eigenvalue weighted by molar-refractivity contribution is 5.97. The van der Waals surface area contributed by atoms with Gasteiger partial charge in [0.2, 0.25) is 5.91 Å². The van der Waals surface area contributed by atoms with E-state index in [2.05, 4.69) is 15.5 Å². The fraction of sp³-hybridized carbons (Fsp3) is 0.353. The predicted molar refractivity (Wildman–Crippen MR) is 92.3 cm³/mol. The molecule has 1 atom stereocenters. The second-order valence-corrected chi connectivity index (χ2v) is 5.99. The molecular weight excluding hydrogens is 322 g/mol. The van der Waals surface area contributed by atoms with Crippen molar-refractivity contribution in [2.45, 2.75) is 19.0 Å². The largest absolute Gasteiger partial charge is 0.497 e. The number of amides is 3. The van der Waals surface area contributed by atoms with Crippen LogP contribution in [0.4, 0.5) is 10.5 Å². The van der Waals surface area contributed by atoms with Gasteiger partial charge in [0.25, 0.3) is 0 Å². The molecule has 1 fully saturated rings. The molecule has 8 heteroatoms. The summed E-state index contributed by atoms with van der Waals surface area (Å²) in [5.74, 6) is 0.673. The van der Waals surface area contributed by atoms with E-state index in [0.717, 1.165) is 11.4 Å². The number of nitrogens with one attached hydrogen (secondary N) is 2. The summed E-state index contributed by atoms with van der Waals surface area (Å²) in [5.41, 5.74) is 1.62. The molecule has 8 nitrogen and oxygen atoms in total. The van der Waals surface area contributed by atoms with E-state index in [-0.39, 0.29) is 24.4 Å². The number of carbonyl (C=O) groups is 2. The summed E-state index contributed by atoms with van der Waals surface area (Å²) < 4.78 is 5.20. The van der Waals surface area contributed by atoms with Crippen LogP contribution in [0.2, 0.25) is 0 Å². The van der Waals surface area contributed by atoms with E-state index in [0.29, 0.717) is 18.8 Å². The summed E-state index contributed by atoms with van der Waals surface area (Å²) in [6, 6.07) is 8.70. The van der Waals surface area contributed by atoms with Crippen LogP contribution in [0.1, 0.15) is 12.1 Å². The minimum Gasteiger partial charge on any atom is -0.497 e. The Labute approximate surface area is 145 Å². The Morgan fingerprint density at radius 1 is 1.48 bits per heavy atom. The molecule has 1 aromatic heterocycles. The van der Waals surface area contributed by atoms with E-state index in [1.165, 1.54) is 0 Å². The Balaban J connectivity index is 1.59. The second kappa shape index (κ2) is 7.25. The highest BCUT2D eigenvalue weighted by Crippen LogP contribution is 2.25. The van der Waals surface area contributed by atoms with Crippen molar-refractivity contribution in [2.24, 2.45) is 0 Å². The topological polar surface area (TPSA) is 90.6 Å². The number of benzene rings is 1. The Morgan fingerprint density at radius 2 is 2.32 bits per heavy atom. The van der Waals surface area contributed by atoms with Crippen molar-refractivity contribution in [1.29, 1.82) is 0 Å². The molecule has 2 heterocycles. The number of hydrogen-bond acceptors (Lipinski definition) is 4. The lowest BCUT2D eigenvalue weighted by Crippen LogP contribution is -2.44. The second-order valence-electron chi connectivity index (χ2n) is 5.99. The number of urea groups is 1. The first-order chi connectivity index (χ1) is 12.1. The maximum atomic E-state index is 12.3. The van der Waals surface area contributed by atoms with Crippen molar-refractivity contribution in [3.8, 4) is 5.75 Å². The minimum absolute atomic E-state index is 0.0187. The van der Waals surface area contributed by atoms with Gasteiger partial charge in [-0.25, -0.2) is 4.79 Å². The van der Waals surface area contributed by atoms with Crippen molar-refractivity contribution in [3.63, 3.8) is 0 Å². The number of aromatic amines is 1. The number of ether oxygens (including phenoxy) is 1. The van der Waals surface area contributed by atoms with Gasteiger partial charge in [-0.05, 0) is 18.2 Å². The van der Waals surface area contributed by atoms with Crippen LogP contribution >= 0.6 is 0 Å². The Hall–Kier alpha value is -3.03. The lowest BCUT2D eigenvalue weighted by molar-refractivity contribution is -0.117. The summed E-state index contributed by atoms with van der Waals surface area (Å²) >= 11 is 0. The molecule has 0 aliphatic carbocycles. The van der Waals surface area contributed by atoms with Gasteiger partial charge in [0.1, 0.15) is 5.75 Å². The molecule has 2 aromatic rings. The fourth-order valence-corrected chi connectivity index (χ4v) is 2.82. The van der Waals surface area contributed by atoms with Crippen LogP contribution in [0.5, 0.6) is 5.75 Å². The first kappa shape index (κ1) is 16.8. The summed E-state index contributed by atoms with van der Waals surface area (Å²) in [4.78, 5) is 27.8. The predicted octanol–water partition coefficient (Wildman–Crippen LogP) is 1.37. The van der Waals surface area contributed by atoms with Gasteiger partial charge >= 0.3 is 6.03 Å². The van der Waals surface area contributed by atoms with Crippen LogP contribution in [-0.2, 0) is 11.3 Å². The van der Waals surface area contributed by atoms with Gasteiger partial charge in [0.05, 0.1) is 25.4 Å². The molecule has 132 valence electrons. The molecule has 25 heavy (non-hydrogen) atoms. The Kier molecular flexibility index (Phi) is 4.87. The summed E-state index contributed by atoms with van der Waals surface area (Å²) in [6.45, 7) is 0.863. The van der Waals surface area contributed by atoms with Crippen molar-refractivity contribution < 1.29 is 14.3 Å². The van der Waals surface area contributed by atoms with Crippen molar-refractivity contribution >= 4 is 17.6 Å². The van der Waals surface area contributed by atoms with Gasteiger partial charge in [0.15, 0.2) is 0 Å². The molecule has 1 saturated heterocycles. The number of aromatic nitrogens is 2. The molecule has 0 bridgehead atoms. The van der Waals surface area contributed by atoms with Gasteiger partial charge in [-0.15, -0.1) is 0 Å². The highest BCUT2D eigenvalue weighted by atomic mass is 16.5. The lowest BCUT2D eigenvalue weighted by Gasteiger charge is -2.21. The van der Waals surface area contributed by atoms with Crippen LogP contribution in [0.3, 0.4) is 0 Å². The maximum Gasteiger partial charge on any atom is 0.317 e. The standard InChI is InChI=1S/C17H21N5O3/c1-21(10-12-6-7-18-20-12)17(24)19-13-8-16(23)22(11-13)14-4-3-5-15(9-14)25-2/h3-7,9,13H,8,10-11H2,1-2H3,(H,18,20)(H,19,24)/t13-/m1/s1. The van der Waals surface area contributed by atoms with Crippen LogP contribution in [0.15, 0.2) is 36.5 Å². The van der Waals surface area contributed by atoms with Crippen LogP contribution in [0.25, 0.3) is 0 Å². The molecule has 1 aliphatic rings. The molecule has 3 amide bonds. The van der Waals surface area contributed by atoms with Crippen molar-refractivity contribution in [2.75, 3.05) is 25.6 Å². The number of anilines is 1. The average molecular weight is 343 g/mol. The SMILES string of the molecule is COc1cccc(N2C[C@H](NC(=O)N(C)Cc3ccn[nH]3)CC2=O)c1. The smallest absolute Gasteiger partial charge is 0.317 e. The maximum absolute atomic E-state index is 12.3. The molecule has 3 rings (SSSR count). The molecule has 2 N–H and O–H groups in total. The number of H-pyrrole nitrogens is 1. The summed E-state index contributed by atoms with van der Waals surface area (Å²) in [5, 5.41) is 9.59. The third-order valence-electron chi connectivity index (χ3n) is 4.13. The Bertz CT molecular complexity index is 747. The van der Waals surface area contributed by atoms with E-state index in [9.17, 15) is 9.59 Å². The first-order valence-corrected chi connectivity index (χ1v) is 8.01. The first-order valence-electron chi connectivity index (χ1n) is 8.01. The summed E-state index contributed by atoms with van der Waals surface area (Å²) in [7, 11) is 3.29. The van der Waals surface area contributed by atoms with E-state index >= 15 is 0 Å². The Morgan fingerprint density at radius 3 is 3.04 bits per heavy atom. The monoisotopic (exact) mass is 343 g/mol. The van der Waals surface area contributed by atoms with Crippen LogP contribution in [-0.4, -0.2) is 53.8 Å². The van der Waals surface area contributed by atoms with Crippen molar-refractivity contribution in [1.82, 2.24) is 20.4 Å². The number of methoxy groups -OCH3 is 1. The molecule has 0 spiro atoms. The molecule has 0 saturated carbocycles. The third-order valence-corrected chi connectivity index (χ3v) is 4.13. The summed E-state index contributed by atoms with van der Waals surface area (Å²) in [6.07, 6.45) is 1.92. The zero-order chi connectivity index (χ0) is 17.8. The minimum atomic E-state index is -0.226. The zero-order valence-electron chi connectivity index (χ0n) is 14.2. The van der Waals surface area contributed by atoms with Crippen LogP contribution < -0.4 is 15.0 Å². The third kappa shape index (κ3) is 3.90. The number of nitrogens with zero attached hydrogens (tertiary/aromatic N) is 3. The zero-order valence-corrected chi connectivity index (χ0v) is 14.2. The molecule has 0 unspecified atom stereocenters. The van der Waals surface area contributed by atoms with E-state index in [1.54, 1.807) is 30.2 Å². The quantitative estimate of drug-likeness (QED) is 0.858. The number of rotatable bonds is 5. The molecule has 1 aromatic carbocycles. The van der Waals surface area contributed by atoms with Gasteiger partial charge in [-0.3, -0.25) is 9.89 Å². The molecular formula is C17H21N5O3. The van der Waals surface area contributed by atoms with Gasteiger partial charge in [-0.1, -0.05) is 6.07 Å². The van der Waals surface area contributed by atoms with E-state index in [4.69, 9.17) is 4.74 Å². The van der Waals surface area contributed by atoms with Crippen molar-refractivity contribution in [3.05, 3.63) is 42.2 Å².